The molecule has 150 valence electrons. The van der Waals surface area contributed by atoms with Gasteiger partial charge >= 0.3 is 0 Å². The summed E-state index contributed by atoms with van der Waals surface area (Å²) in [4.78, 5) is 11.7. The topological polar surface area (TPSA) is 33.4 Å². The number of benzene rings is 1. The van der Waals surface area contributed by atoms with E-state index in [0.717, 1.165) is 46.4 Å². The molecule has 6 heteroatoms. The number of fused-ring (bicyclic) bond motifs is 1. The molecule has 0 radical (unpaired) electrons. The summed E-state index contributed by atoms with van der Waals surface area (Å²) in [7, 11) is 2.03. The van der Waals surface area contributed by atoms with Crippen molar-refractivity contribution in [3.05, 3.63) is 65.0 Å². The van der Waals surface area contributed by atoms with Gasteiger partial charge in [0.15, 0.2) is 5.13 Å². The van der Waals surface area contributed by atoms with E-state index in [4.69, 9.17) is 9.97 Å². The van der Waals surface area contributed by atoms with Gasteiger partial charge in [0, 0.05) is 24.2 Å². The molecule has 0 saturated carbocycles. The third-order valence-electron chi connectivity index (χ3n) is 5.44. The van der Waals surface area contributed by atoms with Crippen molar-refractivity contribution < 1.29 is 4.39 Å². The lowest BCUT2D eigenvalue weighted by molar-refractivity contribution is 0.628. The SMILES string of the molecule is CCc1nc2ccc(C(C)CC)cn2c1N(C)c1nc(-c2ccc(F)cc2)cs1. The fourth-order valence-corrected chi connectivity index (χ4v) is 4.28. The van der Waals surface area contributed by atoms with Crippen LogP contribution in [0.5, 0.6) is 0 Å². The zero-order valence-electron chi connectivity index (χ0n) is 17.2. The van der Waals surface area contributed by atoms with E-state index in [9.17, 15) is 4.39 Å². The van der Waals surface area contributed by atoms with Crippen molar-refractivity contribution in [3.63, 3.8) is 0 Å². The van der Waals surface area contributed by atoms with Gasteiger partial charge in [0.25, 0.3) is 0 Å². The first kappa shape index (κ1) is 19.6. The number of hydrogen-bond donors (Lipinski definition) is 0. The van der Waals surface area contributed by atoms with Gasteiger partial charge in [0.1, 0.15) is 17.3 Å². The molecule has 1 unspecified atom stereocenters. The fourth-order valence-electron chi connectivity index (χ4n) is 3.48. The standard InChI is InChI=1S/C23H25FN4S/c1-5-15(3)17-9-12-21-25-19(6-2)22(28(21)13-17)27(4)23-26-20(14-29-23)16-7-10-18(24)11-8-16/h7-15H,5-6H2,1-4H3. The summed E-state index contributed by atoms with van der Waals surface area (Å²) < 4.78 is 15.4. The van der Waals surface area contributed by atoms with Crippen LogP contribution < -0.4 is 4.90 Å². The minimum absolute atomic E-state index is 0.239. The van der Waals surface area contributed by atoms with Gasteiger partial charge < -0.3 is 4.90 Å². The van der Waals surface area contributed by atoms with Crippen LogP contribution in [0.4, 0.5) is 15.3 Å². The van der Waals surface area contributed by atoms with Gasteiger partial charge in [-0.25, -0.2) is 14.4 Å². The van der Waals surface area contributed by atoms with Crippen LogP contribution in [0.25, 0.3) is 16.9 Å². The quantitative estimate of drug-likeness (QED) is 0.368. The Labute approximate surface area is 174 Å². The number of nitrogens with zero attached hydrogens (tertiary/aromatic N) is 4. The summed E-state index contributed by atoms with van der Waals surface area (Å²) in [5.41, 5.74) is 5.07. The maximum absolute atomic E-state index is 13.2. The minimum atomic E-state index is -0.239. The predicted molar refractivity (Wildman–Crippen MR) is 119 cm³/mol. The highest BCUT2D eigenvalue weighted by atomic mass is 32.1. The third kappa shape index (κ3) is 3.65. The molecule has 0 amide bonds. The van der Waals surface area contributed by atoms with Crippen molar-refractivity contribution in [2.75, 3.05) is 11.9 Å². The maximum atomic E-state index is 13.2. The number of rotatable bonds is 6. The molecule has 0 aliphatic carbocycles. The second-order valence-electron chi connectivity index (χ2n) is 7.32. The Morgan fingerprint density at radius 3 is 2.55 bits per heavy atom. The summed E-state index contributed by atoms with van der Waals surface area (Å²) >= 11 is 1.58. The van der Waals surface area contributed by atoms with Gasteiger partial charge in [-0.1, -0.05) is 26.8 Å². The Kier molecular flexibility index (Phi) is 5.37. The van der Waals surface area contributed by atoms with Crippen LogP contribution >= 0.6 is 11.3 Å². The van der Waals surface area contributed by atoms with Crippen molar-refractivity contribution in [1.29, 1.82) is 0 Å². The second kappa shape index (κ2) is 7.95. The Hall–Kier alpha value is -2.73. The van der Waals surface area contributed by atoms with E-state index in [1.54, 1.807) is 23.5 Å². The Bertz CT molecular complexity index is 1130. The molecule has 0 bridgehead atoms. The molecule has 4 aromatic rings. The molecule has 0 aliphatic heterocycles. The molecular weight excluding hydrogens is 383 g/mol. The van der Waals surface area contributed by atoms with E-state index in [-0.39, 0.29) is 5.82 Å². The van der Waals surface area contributed by atoms with Gasteiger partial charge in [-0.15, -0.1) is 11.3 Å². The number of aromatic nitrogens is 3. The first-order chi connectivity index (χ1) is 14.0. The first-order valence-electron chi connectivity index (χ1n) is 9.97. The zero-order valence-corrected chi connectivity index (χ0v) is 18.0. The molecule has 1 aromatic carbocycles. The Morgan fingerprint density at radius 1 is 1.10 bits per heavy atom. The van der Waals surface area contributed by atoms with Crippen molar-refractivity contribution in [2.24, 2.45) is 0 Å². The molecule has 3 aromatic heterocycles. The Morgan fingerprint density at radius 2 is 1.86 bits per heavy atom. The van der Waals surface area contributed by atoms with Crippen molar-refractivity contribution >= 4 is 27.9 Å². The first-order valence-corrected chi connectivity index (χ1v) is 10.9. The van der Waals surface area contributed by atoms with Crippen molar-refractivity contribution in [1.82, 2.24) is 14.4 Å². The molecule has 0 saturated heterocycles. The van der Waals surface area contributed by atoms with E-state index < -0.39 is 0 Å². The van der Waals surface area contributed by atoms with E-state index in [0.29, 0.717) is 5.92 Å². The number of aryl methyl sites for hydroxylation is 1. The van der Waals surface area contributed by atoms with Crippen LogP contribution in [0, 0.1) is 5.82 Å². The number of pyridine rings is 1. The smallest absolute Gasteiger partial charge is 0.191 e. The fraction of sp³-hybridized carbons (Fsp3) is 0.304. The van der Waals surface area contributed by atoms with Crippen LogP contribution in [-0.4, -0.2) is 21.4 Å². The van der Waals surface area contributed by atoms with Gasteiger partial charge in [-0.2, -0.15) is 0 Å². The average molecular weight is 409 g/mol. The molecule has 0 N–H and O–H groups in total. The molecule has 0 spiro atoms. The summed E-state index contributed by atoms with van der Waals surface area (Å²) in [5, 5.41) is 2.90. The highest BCUT2D eigenvalue weighted by molar-refractivity contribution is 7.14. The van der Waals surface area contributed by atoms with Crippen molar-refractivity contribution in [3.8, 4) is 11.3 Å². The summed E-state index contributed by atoms with van der Waals surface area (Å²) in [6.07, 6.45) is 4.14. The second-order valence-corrected chi connectivity index (χ2v) is 8.15. The van der Waals surface area contributed by atoms with Crippen LogP contribution in [0.15, 0.2) is 48.0 Å². The Balaban J connectivity index is 1.76. The summed E-state index contributed by atoms with van der Waals surface area (Å²) in [5.74, 6) is 1.30. The number of thiazole rings is 1. The van der Waals surface area contributed by atoms with E-state index in [1.807, 2.05) is 12.4 Å². The molecule has 4 rings (SSSR count). The van der Waals surface area contributed by atoms with Crippen LogP contribution in [0.1, 0.15) is 44.4 Å². The van der Waals surface area contributed by atoms with Crippen LogP contribution in [0.3, 0.4) is 0 Å². The van der Waals surface area contributed by atoms with E-state index in [1.165, 1.54) is 17.7 Å². The largest absolute Gasteiger partial charge is 0.305 e. The van der Waals surface area contributed by atoms with E-state index in [2.05, 4.69) is 48.4 Å². The number of halogens is 1. The minimum Gasteiger partial charge on any atom is -0.305 e. The molecule has 3 heterocycles. The predicted octanol–water partition coefficient (Wildman–Crippen LogP) is 6.44. The molecular formula is C23H25FN4S. The van der Waals surface area contributed by atoms with E-state index >= 15 is 0 Å². The molecule has 29 heavy (non-hydrogen) atoms. The number of imidazole rings is 1. The highest BCUT2D eigenvalue weighted by Gasteiger charge is 2.19. The van der Waals surface area contributed by atoms with Gasteiger partial charge in [-0.3, -0.25) is 4.40 Å². The molecule has 0 fully saturated rings. The average Bonchev–Trinajstić information content (AvgIpc) is 3.37. The maximum Gasteiger partial charge on any atom is 0.191 e. The summed E-state index contributed by atoms with van der Waals surface area (Å²) in [6.45, 7) is 6.58. The third-order valence-corrected chi connectivity index (χ3v) is 6.36. The molecule has 1 atom stereocenters. The lowest BCUT2D eigenvalue weighted by Crippen LogP contribution is -2.13. The zero-order chi connectivity index (χ0) is 20.5. The van der Waals surface area contributed by atoms with Gasteiger partial charge in [0.2, 0.25) is 0 Å². The van der Waals surface area contributed by atoms with Crippen LogP contribution in [0.2, 0.25) is 0 Å². The highest BCUT2D eigenvalue weighted by Crippen LogP contribution is 2.34. The number of hydrogen-bond acceptors (Lipinski definition) is 4. The van der Waals surface area contributed by atoms with Crippen molar-refractivity contribution in [2.45, 2.75) is 39.5 Å². The summed E-state index contributed by atoms with van der Waals surface area (Å²) in [6, 6.07) is 10.7. The molecule has 0 aliphatic rings. The lowest BCUT2D eigenvalue weighted by atomic mass is 10.0. The molecule has 4 nitrogen and oxygen atoms in total. The lowest BCUT2D eigenvalue weighted by Gasteiger charge is -2.18. The van der Waals surface area contributed by atoms with Crippen LogP contribution in [-0.2, 0) is 6.42 Å². The normalized spacial score (nSPS) is 12.4. The van der Waals surface area contributed by atoms with Gasteiger partial charge in [0.05, 0.1) is 11.4 Å². The number of anilines is 2. The van der Waals surface area contributed by atoms with Gasteiger partial charge in [-0.05, 0) is 54.7 Å². The monoisotopic (exact) mass is 408 g/mol.